The Labute approximate surface area is 101 Å². The van der Waals surface area contributed by atoms with Crippen LogP contribution < -0.4 is 0 Å². The van der Waals surface area contributed by atoms with E-state index in [0.717, 1.165) is 18.8 Å². The summed E-state index contributed by atoms with van der Waals surface area (Å²) in [5.74, 6) is 1.81. The van der Waals surface area contributed by atoms with E-state index in [1.165, 1.54) is 0 Å². The minimum atomic E-state index is 0.135. The maximum atomic E-state index is 12.1. The van der Waals surface area contributed by atoms with Crippen LogP contribution in [0.2, 0.25) is 0 Å². The van der Waals surface area contributed by atoms with Gasteiger partial charge in [0.15, 0.2) is 0 Å². The number of carbonyl (C=O) groups is 1. The second-order valence-electron chi connectivity index (χ2n) is 4.49. The highest BCUT2D eigenvalue weighted by molar-refractivity contribution is 8.00. The zero-order valence-electron chi connectivity index (χ0n) is 9.77. The van der Waals surface area contributed by atoms with Crippen LogP contribution in [-0.4, -0.2) is 39.9 Å². The SMILES string of the molecule is CC(C)[C@H]1CN(C(=O)c2ccc[nH]2)CCS1. The molecule has 0 unspecified atom stereocenters. The fourth-order valence-corrected chi connectivity index (χ4v) is 3.20. The summed E-state index contributed by atoms with van der Waals surface area (Å²) in [6.45, 7) is 6.19. The molecule has 1 amide bonds. The van der Waals surface area contributed by atoms with Gasteiger partial charge in [-0.15, -0.1) is 0 Å². The maximum absolute atomic E-state index is 12.1. The number of H-pyrrole nitrogens is 1. The number of hydrogen-bond acceptors (Lipinski definition) is 2. The Bertz CT molecular complexity index is 348. The third-order valence-corrected chi connectivity index (χ3v) is 4.49. The zero-order valence-corrected chi connectivity index (χ0v) is 10.6. The monoisotopic (exact) mass is 238 g/mol. The van der Waals surface area contributed by atoms with E-state index in [1.54, 1.807) is 6.20 Å². The van der Waals surface area contributed by atoms with Gasteiger partial charge in [0.05, 0.1) is 0 Å². The van der Waals surface area contributed by atoms with Gasteiger partial charge in [-0.2, -0.15) is 11.8 Å². The van der Waals surface area contributed by atoms with Gasteiger partial charge >= 0.3 is 0 Å². The number of thioether (sulfide) groups is 1. The first-order valence-electron chi connectivity index (χ1n) is 5.72. The second-order valence-corrected chi connectivity index (χ2v) is 5.84. The maximum Gasteiger partial charge on any atom is 0.270 e. The molecule has 2 heterocycles. The van der Waals surface area contributed by atoms with E-state index in [1.807, 2.05) is 28.8 Å². The van der Waals surface area contributed by atoms with Crippen molar-refractivity contribution in [3.8, 4) is 0 Å². The highest BCUT2D eigenvalue weighted by Gasteiger charge is 2.26. The summed E-state index contributed by atoms with van der Waals surface area (Å²) in [5, 5.41) is 0.577. The minimum Gasteiger partial charge on any atom is -0.357 e. The van der Waals surface area contributed by atoms with Gasteiger partial charge in [0, 0.05) is 30.3 Å². The van der Waals surface area contributed by atoms with Gasteiger partial charge in [0.2, 0.25) is 0 Å². The molecule has 1 aliphatic rings. The lowest BCUT2D eigenvalue weighted by molar-refractivity contribution is 0.0751. The lowest BCUT2D eigenvalue weighted by Crippen LogP contribution is -2.43. The molecule has 1 atom stereocenters. The molecule has 0 bridgehead atoms. The third kappa shape index (κ3) is 2.43. The molecule has 16 heavy (non-hydrogen) atoms. The smallest absolute Gasteiger partial charge is 0.270 e. The van der Waals surface area contributed by atoms with E-state index >= 15 is 0 Å². The molecule has 1 aromatic rings. The van der Waals surface area contributed by atoms with Crippen LogP contribution in [0.4, 0.5) is 0 Å². The number of nitrogens with zero attached hydrogens (tertiary/aromatic N) is 1. The predicted octanol–water partition coefficient (Wildman–Crippen LogP) is 2.23. The summed E-state index contributed by atoms with van der Waals surface area (Å²) in [4.78, 5) is 17.1. The van der Waals surface area contributed by atoms with E-state index in [-0.39, 0.29) is 5.91 Å². The van der Waals surface area contributed by atoms with Gasteiger partial charge < -0.3 is 9.88 Å². The first-order valence-corrected chi connectivity index (χ1v) is 6.77. The molecule has 1 aromatic heterocycles. The molecule has 4 heteroatoms. The van der Waals surface area contributed by atoms with Crippen LogP contribution in [0, 0.1) is 5.92 Å². The van der Waals surface area contributed by atoms with Crippen LogP contribution in [0.25, 0.3) is 0 Å². The van der Waals surface area contributed by atoms with E-state index in [2.05, 4.69) is 18.8 Å². The quantitative estimate of drug-likeness (QED) is 0.857. The van der Waals surface area contributed by atoms with Gasteiger partial charge in [-0.05, 0) is 18.1 Å². The van der Waals surface area contributed by atoms with Crippen molar-refractivity contribution in [3.05, 3.63) is 24.0 Å². The number of nitrogens with one attached hydrogen (secondary N) is 1. The second kappa shape index (κ2) is 4.95. The first kappa shape index (κ1) is 11.6. The number of carbonyl (C=O) groups excluding carboxylic acids is 1. The van der Waals surface area contributed by atoms with Gasteiger partial charge in [-0.3, -0.25) is 4.79 Å². The molecule has 0 saturated carbocycles. The van der Waals surface area contributed by atoms with Gasteiger partial charge in [0.25, 0.3) is 5.91 Å². The summed E-state index contributed by atoms with van der Waals surface area (Å²) in [6.07, 6.45) is 1.80. The molecule has 2 rings (SSSR count). The molecule has 0 spiro atoms. The number of amides is 1. The molecule has 0 aromatic carbocycles. The molecule has 1 fully saturated rings. The summed E-state index contributed by atoms with van der Waals surface area (Å²) in [5.41, 5.74) is 0.703. The molecule has 0 radical (unpaired) electrons. The largest absolute Gasteiger partial charge is 0.357 e. The van der Waals surface area contributed by atoms with Gasteiger partial charge in [0.1, 0.15) is 5.69 Å². The van der Waals surface area contributed by atoms with Crippen LogP contribution in [-0.2, 0) is 0 Å². The normalized spacial score (nSPS) is 21.4. The van der Waals surface area contributed by atoms with Crippen LogP contribution in [0.1, 0.15) is 24.3 Å². The molecule has 1 saturated heterocycles. The Balaban J connectivity index is 2.02. The van der Waals surface area contributed by atoms with Crippen molar-refractivity contribution in [1.29, 1.82) is 0 Å². The average Bonchev–Trinajstić information content (AvgIpc) is 2.81. The van der Waals surface area contributed by atoms with E-state index in [4.69, 9.17) is 0 Å². The molecular weight excluding hydrogens is 220 g/mol. The summed E-state index contributed by atoms with van der Waals surface area (Å²) in [7, 11) is 0. The Kier molecular flexibility index (Phi) is 3.59. The molecular formula is C12H18N2OS. The average molecular weight is 238 g/mol. The summed E-state index contributed by atoms with van der Waals surface area (Å²) >= 11 is 1.99. The van der Waals surface area contributed by atoms with Gasteiger partial charge in [-0.25, -0.2) is 0 Å². The number of hydrogen-bond donors (Lipinski definition) is 1. The fourth-order valence-electron chi connectivity index (χ4n) is 1.90. The van der Waals surface area contributed by atoms with Crippen molar-refractivity contribution in [2.75, 3.05) is 18.8 Å². The van der Waals surface area contributed by atoms with E-state index in [9.17, 15) is 4.79 Å². The first-order chi connectivity index (χ1) is 7.68. The van der Waals surface area contributed by atoms with Crippen LogP contribution in [0.3, 0.4) is 0 Å². The van der Waals surface area contributed by atoms with Crippen LogP contribution in [0.15, 0.2) is 18.3 Å². The van der Waals surface area contributed by atoms with Crippen molar-refractivity contribution < 1.29 is 4.79 Å². The standard InChI is InChI=1S/C12H18N2OS/c1-9(2)11-8-14(6-7-16-11)12(15)10-4-3-5-13-10/h3-5,9,11,13H,6-8H2,1-2H3/t11-/m1/s1. The Morgan fingerprint density at radius 2 is 2.44 bits per heavy atom. The molecule has 1 aliphatic heterocycles. The van der Waals surface area contributed by atoms with Crippen molar-refractivity contribution >= 4 is 17.7 Å². The minimum absolute atomic E-state index is 0.135. The molecule has 0 aliphatic carbocycles. The van der Waals surface area contributed by atoms with E-state index in [0.29, 0.717) is 16.9 Å². The van der Waals surface area contributed by atoms with Crippen LogP contribution in [0.5, 0.6) is 0 Å². The van der Waals surface area contributed by atoms with Gasteiger partial charge in [-0.1, -0.05) is 13.8 Å². The number of aromatic nitrogens is 1. The predicted molar refractivity (Wildman–Crippen MR) is 67.8 cm³/mol. The Morgan fingerprint density at radius 1 is 1.62 bits per heavy atom. The molecule has 1 N–H and O–H groups in total. The van der Waals surface area contributed by atoms with Crippen molar-refractivity contribution in [1.82, 2.24) is 9.88 Å². The number of aromatic amines is 1. The Hall–Kier alpha value is -0.900. The van der Waals surface area contributed by atoms with Crippen LogP contribution >= 0.6 is 11.8 Å². The highest BCUT2D eigenvalue weighted by atomic mass is 32.2. The topological polar surface area (TPSA) is 36.1 Å². The lowest BCUT2D eigenvalue weighted by Gasteiger charge is -2.34. The molecule has 88 valence electrons. The fraction of sp³-hybridized carbons (Fsp3) is 0.583. The Morgan fingerprint density at radius 3 is 3.06 bits per heavy atom. The lowest BCUT2D eigenvalue weighted by atomic mass is 10.1. The van der Waals surface area contributed by atoms with Crippen molar-refractivity contribution in [2.45, 2.75) is 19.1 Å². The summed E-state index contributed by atoms with van der Waals surface area (Å²) in [6, 6.07) is 3.71. The summed E-state index contributed by atoms with van der Waals surface area (Å²) < 4.78 is 0. The van der Waals surface area contributed by atoms with E-state index < -0.39 is 0 Å². The third-order valence-electron chi connectivity index (χ3n) is 2.95. The highest BCUT2D eigenvalue weighted by Crippen LogP contribution is 2.25. The van der Waals surface area contributed by atoms with Crippen molar-refractivity contribution in [2.24, 2.45) is 5.92 Å². The zero-order chi connectivity index (χ0) is 11.5. The van der Waals surface area contributed by atoms with Crippen molar-refractivity contribution in [3.63, 3.8) is 0 Å². The number of rotatable bonds is 2. The molecule has 3 nitrogen and oxygen atoms in total.